The summed E-state index contributed by atoms with van der Waals surface area (Å²) in [6.45, 7) is 22.5. The third kappa shape index (κ3) is 5.03. The standard InChI is InChI=1S/C18H36N2/c1-13(2)17(7,8)15(5)19-11-12-20-16(6)18(9,10)14(3)4/h11-16H,1-10H3/t15-,16-/m1/s1. The smallest absolute Gasteiger partial charge is 0.0525 e. The van der Waals surface area contributed by atoms with Gasteiger partial charge in [0.25, 0.3) is 0 Å². The van der Waals surface area contributed by atoms with Gasteiger partial charge in [0, 0.05) is 12.4 Å². The summed E-state index contributed by atoms with van der Waals surface area (Å²) >= 11 is 0. The summed E-state index contributed by atoms with van der Waals surface area (Å²) in [5.74, 6) is 1.23. The average Bonchev–Trinajstić information content (AvgIpc) is 2.33. The van der Waals surface area contributed by atoms with Gasteiger partial charge in [0.15, 0.2) is 0 Å². The van der Waals surface area contributed by atoms with Crippen LogP contribution in [0.4, 0.5) is 0 Å². The minimum Gasteiger partial charge on any atom is -0.288 e. The SMILES string of the molecule is CC(C)C(C)(C)[C@@H](C)N=CC=N[C@H](C)C(C)(C)C(C)C. The lowest BCUT2D eigenvalue weighted by Crippen LogP contribution is -2.31. The monoisotopic (exact) mass is 280 g/mol. The molecule has 0 aliphatic carbocycles. The maximum atomic E-state index is 4.64. The molecule has 20 heavy (non-hydrogen) atoms. The number of aliphatic imine (C=N–C) groups is 2. The van der Waals surface area contributed by atoms with E-state index in [4.69, 9.17) is 0 Å². The quantitative estimate of drug-likeness (QED) is 0.568. The largest absolute Gasteiger partial charge is 0.288 e. The van der Waals surface area contributed by atoms with E-state index in [9.17, 15) is 0 Å². The van der Waals surface area contributed by atoms with Crippen LogP contribution in [0, 0.1) is 22.7 Å². The molecule has 0 unspecified atom stereocenters. The topological polar surface area (TPSA) is 24.7 Å². The third-order valence-electron chi connectivity index (χ3n) is 5.82. The Balaban J connectivity index is 4.63. The molecule has 0 spiro atoms. The van der Waals surface area contributed by atoms with Crippen molar-refractivity contribution in [2.45, 2.75) is 81.3 Å². The summed E-state index contributed by atoms with van der Waals surface area (Å²) in [5, 5.41) is 0. The fourth-order valence-corrected chi connectivity index (χ4v) is 1.68. The highest BCUT2D eigenvalue weighted by atomic mass is 14.8. The molecule has 0 aromatic heterocycles. The van der Waals surface area contributed by atoms with Crippen molar-refractivity contribution in [2.75, 3.05) is 0 Å². The van der Waals surface area contributed by atoms with Crippen LogP contribution in [0.15, 0.2) is 9.98 Å². The molecule has 0 radical (unpaired) electrons. The average molecular weight is 281 g/mol. The fourth-order valence-electron chi connectivity index (χ4n) is 1.68. The van der Waals surface area contributed by atoms with E-state index in [1.807, 2.05) is 12.4 Å². The Bertz CT molecular complexity index is 301. The molecular formula is C18H36N2. The van der Waals surface area contributed by atoms with Crippen molar-refractivity contribution in [2.24, 2.45) is 32.7 Å². The number of nitrogens with zero attached hydrogens (tertiary/aromatic N) is 2. The summed E-state index contributed by atoms with van der Waals surface area (Å²) in [5.41, 5.74) is 0.431. The molecule has 0 amide bonds. The van der Waals surface area contributed by atoms with E-state index in [1.165, 1.54) is 0 Å². The molecule has 0 saturated carbocycles. The molecular weight excluding hydrogens is 244 g/mol. The van der Waals surface area contributed by atoms with Gasteiger partial charge in [0.2, 0.25) is 0 Å². The molecule has 118 valence electrons. The lowest BCUT2D eigenvalue weighted by molar-refractivity contribution is 0.207. The van der Waals surface area contributed by atoms with Crippen molar-refractivity contribution >= 4 is 12.4 Å². The van der Waals surface area contributed by atoms with Crippen LogP contribution in [-0.2, 0) is 0 Å². The lowest BCUT2D eigenvalue weighted by Gasteiger charge is -2.33. The highest BCUT2D eigenvalue weighted by Crippen LogP contribution is 2.32. The summed E-state index contributed by atoms with van der Waals surface area (Å²) in [7, 11) is 0. The highest BCUT2D eigenvalue weighted by molar-refractivity contribution is 6.16. The van der Waals surface area contributed by atoms with Crippen molar-refractivity contribution in [1.82, 2.24) is 0 Å². The van der Waals surface area contributed by atoms with E-state index < -0.39 is 0 Å². The van der Waals surface area contributed by atoms with Crippen LogP contribution in [0.2, 0.25) is 0 Å². The Morgan fingerprint density at radius 1 is 0.600 bits per heavy atom. The zero-order chi connectivity index (χ0) is 16.1. The molecule has 0 fully saturated rings. The van der Waals surface area contributed by atoms with Gasteiger partial charge in [-0.3, -0.25) is 9.98 Å². The first-order valence-electron chi connectivity index (χ1n) is 7.98. The summed E-state index contributed by atoms with van der Waals surface area (Å²) in [6.07, 6.45) is 3.75. The maximum Gasteiger partial charge on any atom is 0.0525 e. The first kappa shape index (κ1) is 19.3. The molecule has 0 aliphatic rings. The van der Waals surface area contributed by atoms with Crippen molar-refractivity contribution < 1.29 is 0 Å². The van der Waals surface area contributed by atoms with Gasteiger partial charge < -0.3 is 0 Å². The maximum absolute atomic E-state index is 4.64. The Morgan fingerprint density at radius 3 is 1.05 bits per heavy atom. The molecule has 0 aromatic carbocycles. The second kappa shape index (κ2) is 7.38. The minimum atomic E-state index is 0.215. The summed E-state index contributed by atoms with van der Waals surface area (Å²) in [6, 6.07) is 0.615. The van der Waals surface area contributed by atoms with Crippen LogP contribution in [-0.4, -0.2) is 24.5 Å². The second-order valence-electron chi connectivity index (χ2n) is 7.90. The van der Waals surface area contributed by atoms with E-state index in [0.29, 0.717) is 23.9 Å². The fraction of sp³-hybridized carbons (Fsp3) is 0.889. The molecule has 0 N–H and O–H groups in total. The van der Waals surface area contributed by atoms with Gasteiger partial charge in [-0.05, 0) is 36.5 Å². The van der Waals surface area contributed by atoms with Crippen LogP contribution in [0.1, 0.15) is 69.2 Å². The molecule has 2 nitrogen and oxygen atoms in total. The molecule has 0 aliphatic heterocycles. The van der Waals surface area contributed by atoms with E-state index in [-0.39, 0.29) is 10.8 Å². The predicted octanol–water partition coefficient (Wildman–Crippen LogP) is 5.27. The van der Waals surface area contributed by atoms with Crippen molar-refractivity contribution in [1.29, 1.82) is 0 Å². The van der Waals surface area contributed by atoms with E-state index in [2.05, 4.69) is 79.2 Å². The first-order chi connectivity index (χ1) is 8.94. The van der Waals surface area contributed by atoms with Gasteiger partial charge in [0.1, 0.15) is 0 Å². The normalized spacial score (nSPS) is 17.6. The Labute approximate surface area is 127 Å². The van der Waals surface area contributed by atoms with Crippen LogP contribution < -0.4 is 0 Å². The molecule has 0 saturated heterocycles. The number of rotatable bonds is 7. The van der Waals surface area contributed by atoms with Gasteiger partial charge in [-0.25, -0.2) is 0 Å². The van der Waals surface area contributed by atoms with Crippen molar-refractivity contribution in [3.05, 3.63) is 0 Å². The van der Waals surface area contributed by atoms with E-state index >= 15 is 0 Å². The lowest BCUT2D eigenvalue weighted by atomic mass is 9.75. The second-order valence-corrected chi connectivity index (χ2v) is 7.90. The van der Waals surface area contributed by atoms with Crippen LogP contribution in [0.3, 0.4) is 0 Å². The molecule has 0 bridgehead atoms. The third-order valence-corrected chi connectivity index (χ3v) is 5.82. The summed E-state index contributed by atoms with van der Waals surface area (Å²) < 4.78 is 0. The zero-order valence-corrected chi connectivity index (χ0v) is 15.4. The zero-order valence-electron chi connectivity index (χ0n) is 15.4. The van der Waals surface area contributed by atoms with Crippen molar-refractivity contribution in [3.8, 4) is 0 Å². The van der Waals surface area contributed by atoms with Gasteiger partial charge in [-0.1, -0.05) is 55.4 Å². The van der Waals surface area contributed by atoms with Crippen LogP contribution in [0.5, 0.6) is 0 Å². The molecule has 2 atom stereocenters. The first-order valence-corrected chi connectivity index (χ1v) is 7.98. The Hall–Kier alpha value is -0.660. The van der Waals surface area contributed by atoms with Gasteiger partial charge in [-0.2, -0.15) is 0 Å². The van der Waals surface area contributed by atoms with Crippen LogP contribution in [0.25, 0.3) is 0 Å². The molecule has 0 aromatic rings. The highest BCUT2D eigenvalue weighted by Gasteiger charge is 2.29. The van der Waals surface area contributed by atoms with Crippen LogP contribution >= 0.6 is 0 Å². The van der Waals surface area contributed by atoms with E-state index in [0.717, 1.165) is 0 Å². The van der Waals surface area contributed by atoms with Crippen molar-refractivity contribution in [3.63, 3.8) is 0 Å². The molecule has 2 heteroatoms. The molecule has 0 rings (SSSR count). The summed E-state index contributed by atoms with van der Waals surface area (Å²) in [4.78, 5) is 9.28. The van der Waals surface area contributed by atoms with E-state index in [1.54, 1.807) is 0 Å². The number of hydrogen-bond donors (Lipinski definition) is 0. The predicted molar refractivity (Wildman–Crippen MR) is 93.1 cm³/mol. The van der Waals surface area contributed by atoms with Gasteiger partial charge >= 0.3 is 0 Å². The minimum absolute atomic E-state index is 0.215. The molecule has 0 heterocycles. The number of hydrogen-bond acceptors (Lipinski definition) is 2. The van der Waals surface area contributed by atoms with Gasteiger partial charge in [0.05, 0.1) is 12.1 Å². The Morgan fingerprint density at radius 2 is 0.850 bits per heavy atom. The Kier molecular flexibility index (Phi) is 7.13. The van der Waals surface area contributed by atoms with Gasteiger partial charge in [-0.15, -0.1) is 0 Å².